The van der Waals surface area contributed by atoms with E-state index in [1.807, 2.05) is 0 Å². The van der Waals surface area contributed by atoms with E-state index in [0.29, 0.717) is 16.9 Å². The average Bonchev–Trinajstić information content (AvgIpc) is 2.32. The van der Waals surface area contributed by atoms with Crippen LogP contribution in [0.15, 0.2) is 0 Å². The molecule has 1 saturated heterocycles. The van der Waals surface area contributed by atoms with E-state index >= 15 is 0 Å². The Labute approximate surface area is 92.8 Å². The third kappa shape index (κ3) is 3.54. The van der Waals surface area contributed by atoms with Crippen LogP contribution in [0.2, 0.25) is 0 Å². The molecule has 2 nitrogen and oxygen atoms in total. The Morgan fingerprint density at radius 1 is 1.50 bits per heavy atom. The highest BCUT2D eigenvalue weighted by Gasteiger charge is 2.19. The lowest BCUT2D eigenvalue weighted by Gasteiger charge is -2.29. The van der Waals surface area contributed by atoms with Gasteiger partial charge in [-0.15, -0.1) is 0 Å². The molecule has 0 aromatic heterocycles. The van der Waals surface area contributed by atoms with Crippen molar-refractivity contribution in [3.05, 3.63) is 0 Å². The normalized spacial score (nSPS) is 26.9. The fraction of sp³-hybridized carbons (Fsp3) is 0.909. The van der Waals surface area contributed by atoms with Crippen LogP contribution in [0, 0.1) is 5.92 Å². The summed E-state index contributed by atoms with van der Waals surface area (Å²) in [5.74, 6) is 0.352. The highest BCUT2D eigenvalue weighted by molar-refractivity contribution is 7.80. The molecule has 82 valence electrons. The van der Waals surface area contributed by atoms with Crippen LogP contribution in [0.5, 0.6) is 0 Å². The van der Waals surface area contributed by atoms with Crippen LogP contribution < -0.4 is 5.73 Å². The van der Waals surface area contributed by atoms with E-state index in [9.17, 15) is 0 Å². The molecule has 1 rings (SSSR count). The Balaban J connectivity index is 2.43. The van der Waals surface area contributed by atoms with Crippen molar-refractivity contribution in [2.75, 3.05) is 13.1 Å². The van der Waals surface area contributed by atoms with Crippen molar-refractivity contribution in [3.8, 4) is 0 Å². The number of rotatable bonds is 3. The first-order valence-electron chi connectivity index (χ1n) is 5.64. The molecule has 1 fully saturated rings. The van der Waals surface area contributed by atoms with E-state index < -0.39 is 0 Å². The minimum Gasteiger partial charge on any atom is -0.393 e. The number of thiocarbonyl (C=S) groups is 1. The van der Waals surface area contributed by atoms with Gasteiger partial charge in [0.05, 0.1) is 4.99 Å². The van der Waals surface area contributed by atoms with Gasteiger partial charge in [-0.1, -0.05) is 32.0 Å². The van der Waals surface area contributed by atoms with E-state index in [1.165, 1.54) is 32.2 Å². The molecule has 1 aliphatic rings. The Morgan fingerprint density at radius 2 is 2.21 bits per heavy atom. The van der Waals surface area contributed by atoms with Gasteiger partial charge >= 0.3 is 0 Å². The first kappa shape index (κ1) is 11.9. The van der Waals surface area contributed by atoms with Crippen molar-refractivity contribution < 1.29 is 0 Å². The molecule has 0 spiro atoms. The van der Waals surface area contributed by atoms with Gasteiger partial charge in [-0.2, -0.15) is 0 Å². The van der Waals surface area contributed by atoms with Gasteiger partial charge in [-0.3, -0.25) is 4.90 Å². The second kappa shape index (κ2) is 5.66. The van der Waals surface area contributed by atoms with Crippen molar-refractivity contribution in [2.45, 2.75) is 45.6 Å². The quantitative estimate of drug-likeness (QED) is 0.730. The summed E-state index contributed by atoms with van der Waals surface area (Å²) in [6.45, 7) is 6.70. The molecule has 14 heavy (non-hydrogen) atoms. The molecular formula is C11H22N2S. The molecule has 0 saturated carbocycles. The van der Waals surface area contributed by atoms with Crippen LogP contribution in [-0.4, -0.2) is 29.0 Å². The third-order valence-corrected chi connectivity index (χ3v) is 3.59. The maximum atomic E-state index is 5.64. The van der Waals surface area contributed by atoms with Crippen molar-refractivity contribution in [1.82, 2.24) is 4.90 Å². The van der Waals surface area contributed by atoms with Gasteiger partial charge in [0.1, 0.15) is 0 Å². The van der Waals surface area contributed by atoms with Gasteiger partial charge in [-0.05, 0) is 26.3 Å². The molecule has 0 aromatic rings. The summed E-state index contributed by atoms with van der Waals surface area (Å²) >= 11 is 5.01. The summed E-state index contributed by atoms with van der Waals surface area (Å²) in [6, 6.07) is 0.703. The molecule has 0 aliphatic carbocycles. The Bertz CT molecular complexity index is 194. The van der Waals surface area contributed by atoms with Crippen molar-refractivity contribution >= 4 is 17.2 Å². The van der Waals surface area contributed by atoms with Crippen molar-refractivity contribution in [2.24, 2.45) is 11.7 Å². The summed E-state index contributed by atoms with van der Waals surface area (Å²) in [5, 5.41) is 0. The van der Waals surface area contributed by atoms with Crippen molar-refractivity contribution in [3.63, 3.8) is 0 Å². The third-order valence-electron chi connectivity index (χ3n) is 3.18. The summed E-state index contributed by atoms with van der Waals surface area (Å²) < 4.78 is 0. The molecule has 3 heteroatoms. The second-order valence-corrected chi connectivity index (χ2v) is 4.97. The lowest BCUT2D eigenvalue weighted by atomic mass is 10.1. The molecule has 2 atom stereocenters. The SMILES string of the molecule is CC(CN1CCCCCC1C)C(N)=S. The fourth-order valence-electron chi connectivity index (χ4n) is 2.05. The molecule has 1 heterocycles. The van der Waals surface area contributed by atoms with Gasteiger partial charge in [0.25, 0.3) is 0 Å². The smallest absolute Gasteiger partial charge is 0.0768 e. The minimum atomic E-state index is 0.352. The molecule has 2 unspecified atom stereocenters. The highest BCUT2D eigenvalue weighted by atomic mass is 32.1. The summed E-state index contributed by atoms with van der Waals surface area (Å²) in [4.78, 5) is 3.19. The molecule has 0 aromatic carbocycles. The number of nitrogens with zero attached hydrogens (tertiary/aromatic N) is 1. The Morgan fingerprint density at radius 3 is 2.86 bits per heavy atom. The van der Waals surface area contributed by atoms with E-state index in [2.05, 4.69) is 18.7 Å². The summed E-state index contributed by atoms with van der Waals surface area (Å²) in [6.07, 6.45) is 5.40. The maximum Gasteiger partial charge on any atom is 0.0768 e. The first-order valence-corrected chi connectivity index (χ1v) is 6.05. The standard InChI is InChI=1S/C11H22N2S/c1-9(11(12)14)8-13-7-5-3-4-6-10(13)2/h9-10H,3-8H2,1-2H3,(H2,12,14). The number of nitrogens with two attached hydrogens (primary N) is 1. The van der Waals surface area contributed by atoms with E-state index in [4.69, 9.17) is 18.0 Å². The topological polar surface area (TPSA) is 29.3 Å². The van der Waals surface area contributed by atoms with Gasteiger partial charge in [0.2, 0.25) is 0 Å². The summed E-state index contributed by atoms with van der Waals surface area (Å²) in [5.41, 5.74) is 5.64. The predicted octanol–water partition coefficient (Wildman–Crippen LogP) is 2.17. The van der Waals surface area contributed by atoms with Gasteiger partial charge in [0, 0.05) is 18.5 Å². The van der Waals surface area contributed by atoms with E-state index in [0.717, 1.165) is 6.54 Å². The zero-order valence-corrected chi connectivity index (χ0v) is 10.1. The Kier molecular flexibility index (Phi) is 4.82. The fourth-order valence-corrected chi connectivity index (χ4v) is 2.12. The molecular weight excluding hydrogens is 192 g/mol. The van der Waals surface area contributed by atoms with Gasteiger partial charge < -0.3 is 5.73 Å². The minimum absolute atomic E-state index is 0.352. The number of likely N-dealkylation sites (tertiary alicyclic amines) is 1. The van der Waals surface area contributed by atoms with Gasteiger partial charge in [0.15, 0.2) is 0 Å². The molecule has 2 N–H and O–H groups in total. The number of hydrogen-bond acceptors (Lipinski definition) is 2. The molecule has 0 bridgehead atoms. The van der Waals surface area contributed by atoms with E-state index in [1.54, 1.807) is 0 Å². The zero-order chi connectivity index (χ0) is 10.6. The molecule has 1 aliphatic heterocycles. The van der Waals surface area contributed by atoms with E-state index in [-0.39, 0.29) is 0 Å². The monoisotopic (exact) mass is 214 g/mol. The number of hydrogen-bond donors (Lipinski definition) is 1. The van der Waals surface area contributed by atoms with Crippen LogP contribution >= 0.6 is 12.2 Å². The van der Waals surface area contributed by atoms with Crippen LogP contribution in [0.3, 0.4) is 0 Å². The van der Waals surface area contributed by atoms with Crippen LogP contribution in [-0.2, 0) is 0 Å². The predicted molar refractivity (Wildman–Crippen MR) is 65.5 cm³/mol. The van der Waals surface area contributed by atoms with Crippen LogP contribution in [0.25, 0.3) is 0 Å². The Hall–Kier alpha value is -0.150. The average molecular weight is 214 g/mol. The van der Waals surface area contributed by atoms with Crippen LogP contribution in [0.4, 0.5) is 0 Å². The highest BCUT2D eigenvalue weighted by Crippen LogP contribution is 2.17. The zero-order valence-electron chi connectivity index (χ0n) is 9.33. The van der Waals surface area contributed by atoms with Gasteiger partial charge in [-0.25, -0.2) is 0 Å². The largest absolute Gasteiger partial charge is 0.393 e. The lowest BCUT2D eigenvalue weighted by Crippen LogP contribution is -2.39. The molecule has 0 radical (unpaired) electrons. The van der Waals surface area contributed by atoms with Crippen molar-refractivity contribution in [1.29, 1.82) is 0 Å². The second-order valence-electron chi connectivity index (χ2n) is 4.50. The lowest BCUT2D eigenvalue weighted by molar-refractivity contribution is 0.202. The summed E-state index contributed by atoms with van der Waals surface area (Å²) in [7, 11) is 0. The first-order chi connectivity index (χ1) is 6.61. The maximum absolute atomic E-state index is 5.64. The van der Waals surface area contributed by atoms with Crippen LogP contribution in [0.1, 0.15) is 39.5 Å². The molecule has 0 amide bonds.